The lowest BCUT2D eigenvalue weighted by Gasteiger charge is -2.17. The first-order valence-corrected chi connectivity index (χ1v) is 14.0. The third-order valence-corrected chi connectivity index (χ3v) is 8.16. The lowest BCUT2D eigenvalue weighted by atomic mass is 10.2. The Bertz CT molecular complexity index is 1540. The van der Waals surface area contributed by atoms with Gasteiger partial charge in [-0.3, -0.25) is 14.2 Å². The molecule has 4 aromatic rings. The lowest BCUT2D eigenvalue weighted by molar-refractivity contribution is -0.116. The van der Waals surface area contributed by atoms with E-state index in [4.69, 9.17) is 46.4 Å². The van der Waals surface area contributed by atoms with E-state index in [0.29, 0.717) is 38.3 Å². The molecule has 0 radical (unpaired) electrons. The summed E-state index contributed by atoms with van der Waals surface area (Å²) in [6, 6.07) is 17.6. The van der Waals surface area contributed by atoms with Gasteiger partial charge >= 0.3 is 0 Å². The van der Waals surface area contributed by atoms with E-state index >= 15 is 0 Å². The van der Waals surface area contributed by atoms with Crippen LogP contribution in [-0.2, 0) is 17.8 Å². The number of amides is 2. The zero-order chi connectivity index (χ0) is 26.8. The number of rotatable bonds is 7. The van der Waals surface area contributed by atoms with Crippen molar-refractivity contribution in [2.45, 2.75) is 18.1 Å². The van der Waals surface area contributed by atoms with Crippen molar-refractivity contribution in [2.24, 2.45) is 0 Å². The number of aromatic nitrogens is 3. The zero-order valence-corrected chi connectivity index (χ0v) is 23.5. The maximum absolute atomic E-state index is 13.1. The molecule has 0 saturated heterocycles. The molecule has 1 aliphatic heterocycles. The topological polar surface area (TPSA) is 80.1 Å². The van der Waals surface area contributed by atoms with E-state index in [1.165, 1.54) is 17.8 Å². The molecule has 0 spiro atoms. The first-order valence-electron chi connectivity index (χ1n) is 11.5. The zero-order valence-electron chi connectivity index (χ0n) is 19.6. The molecule has 1 N–H and O–H groups in total. The van der Waals surface area contributed by atoms with E-state index in [1.807, 2.05) is 24.3 Å². The van der Waals surface area contributed by atoms with Gasteiger partial charge in [-0.15, -0.1) is 10.2 Å². The van der Waals surface area contributed by atoms with E-state index in [9.17, 15) is 9.59 Å². The summed E-state index contributed by atoms with van der Waals surface area (Å²) in [5, 5.41) is 13.3. The van der Waals surface area contributed by atoms with Gasteiger partial charge in [0.15, 0.2) is 11.0 Å². The predicted octanol–water partition coefficient (Wildman–Crippen LogP) is 6.49. The quantitative estimate of drug-likeness (QED) is 0.243. The summed E-state index contributed by atoms with van der Waals surface area (Å²) in [6.45, 7) is 0.682. The largest absolute Gasteiger partial charge is 0.345 e. The van der Waals surface area contributed by atoms with Crippen molar-refractivity contribution in [3.63, 3.8) is 0 Å². The smallest absolute Gasteiger partial charge is 0.253 e. The van der Waals surface area contributed by atoms with Crippen LogP contribution < -0.4 is 10.2 Å². The number of hydrogen-bond donors (Lipinski definition) is 1. The normalized spacial score (nSPS) is 12.5. The van der Waals surface area contributed by atoms with E-state index in [2.05, 4.69) is 15.5 Å². The SMILES string of the molecule is O=C(NCc1nnc(SCC(=O)N2CCc3ccccc32)n1-c1ccc(Cl)c(Cl)c1)c1ccc(Cl)cc1Cl. The van der Waals surface area contributed by atoms with E-state index in [-0.39, 0.29) is 28.8 Å². The summed E-state index contributed by atoms with van der Waals surface area (Å²) in [5.41, 5.74) is 3.01. The third kappa shape index (κ3) is 5.65. The highest BCUT2D eigenvalue weighted by Gasteiger charge is 2.25. The second-order valence-electron chi connectivity index (χ2n) is 8.35. The molecule has 0 unspecified atom stereocenters. The highest BCUT2D eigenvalue weighted by Crippen LogP contribution is 2.31. The molecule has 0 atom stereocenters. The number of anilines is 1. The van der Waals surface area contributed by atoms with Crippen LogP contribution in [0.1, 0.15) is 21.7 Å². The fraction of sp³-hybridized carbons (Fsp3) is 0.154. The van der Waals surface area contributed by atoms with Gasteiger partial charge in [-0.1, -0.05) is 76.4 Å². The molecule has 0 saturated carbocycles. The number of carbonyl (C=O) groups is 2. The second kappa shape index (κ2) is 11.6. The predicted molar refractivity (Wildman–Crippen MR) is 152 cm³/mol. The minimum absolute atomic E-state index is 0.0316. The van der Waals surface area contributed by atoms with Crippen molar-refractivity contribution in [3.05, 3.63) is 97.7 Å². The van der Waals surface area contributed by atoms with Gasteiger partial charge in [0.2, 0.25) is 5.91 Å². The molecule has 1 aromatic heterocycles. The Hall–Kier alpha value is -2.75. The Balaban J connectivity index is 1.37. The summed E-state index contributed by atoms with van der Waals surface area (Å²) in [7, 11) is 0. The Morgan fingerprint density at radius 1 is 0.921 bits per heavy atom. The van der Waals surface area contributed by atoms with Gasteiger partial charge in [0, 0.05) is 17.3 Å². The molecular formula is C26H19Cl4N5O2S. The van der Waals surface area contributed by atoms with Crippen molar-refractivity contribution in [1.82, 2.24) is 20.1 Å². The average molecular weight is 607 g/mol. The van der Waals surface area contributed by atoms with Crippen LogP contribution in [0.15, 0.2) is 65.8 Å². The Kier molecular flexibility index (Phi) is 8.16. The minimum atomic E-state index is -0.396. The Labute approximate surface area is 243 Å². The molecule has 0 fully saturated rings. The van der Waals surface area contributed by atoms with Gasteiger partial charge in [0.05, 0.1) is 38.6 Å². The molecule has 12 heteroatoms. The maximum atomic E-state index is 13.1. The molecule has 2 heterocycles. The molecule has 1 aliphatic rings. The number of benzene rings is 3. The maximum Gasteiger partial charge on any atom is 0.253 e. The number of fused-ring (bicyclic) bond motifs is 1. The monoisotopic (exact) mass is 605 g/mol. The van der Waals surface area contributed by atoms with Crippen LogP contribution in [-0.4, -0.2) is 38.9 Å². The number of nitrogens with zero attached hydrogens (tertiary/aromatic N) is 4. The van der Waals surface area contributed by atoms with E-state index in [0.717, 1.165) is 17.7 Å². The second-order valence-corrected chi connectivity index (χ2v) is 11.0. The summed E-state index contributed by atoms with van der Waals surface area (Å²) < 4.78 is 1.74. The highest BCUT2D eigenvalue weighted by atomic mass is 35.5. The number of halogens is 4. The molecule has 0 bridgehead atoms. The van der Waals surface area contributed by atoms with Gasteiger partial charge < -0.3 is 10.2 Å². The van der Waals surface area contributed by atoms with Crippen molar-refractivity contribution < 1.29 is 9.59 Å². The fourth-order valence-electron chi connectivity index (χ4n) is 4.12. The molecule has 38 heavy (non-hydrogen) atoms. The standard InChI is InChI=1S/C26H19Cl4N5O2S/c27-16-5-7-18(20(29)11-16)25(37)31-13-23-32-33-26(35(23)17-6-8-19(28)21(30)12-17)38-14-24(36)34-10-9-15-3-1-2-4-22(15)34/h1-8,11-12H,9-10,13-14H2,(H,31,37). The van der Waals surface area contributed by atoms with Crippen molar-refractivity contribution in [1.29, 1.82) is 0 Å². The first kappa shape index (κ1) is 26.8. The van der Waals surface area contributed by atoms with Gasteiger partial charge in [0.1, 0.15) is 0 Å². The molecule has 5 rings (SSSR count). The number of carbonyl (C=O) groups excluding carboxylic acids is 2. The van der Waals surface area contributed by atoms with Gasteiger partial charge in [-0.05, 0) is 54.4 Å². The van der Waals surface area contributed by atoms with Crippen LogP contribution in [0.25, 0.3) is 5.69 Å². The first-order chi connectivity index (χ1) is 18.3. The number of para-hydroxylation sites is 1. The molecule has 0 aliphatic carbocycles. The van der Waals surface area contributed by atoms with Crippen molar-refractivity contribution >= 4 is 75.7 Å². The van der Waals surface area contributed by atoms with Crippen LogP contribution in [0.4, 0.5) is 5.69 Å². The third-order valence-electron chi connectivity index (χ3n) is 5.96. The minimum Gasteiger partial charge on any atom is -0.345 e. The molecular weight excluding hydrogens is 588 g/mol. The van der Waals surface area contributed by atoms with Gasteiger partial charge in [0.25, 0.3) is 5.91 Å². The highest BCUT2D eigenvalue weighted by molar-refractivity contribution is 7.99. The van der Waals surface area contributed by atoms with Crippen molar-refractivity contribution in [3.8, 4) is 5.69 Å². The number of hydrogen-bond acceptors (Lipinski definition) is 5. The molecule has 7 nitrogen and oxygen atoms in total. The van der Waals surface area contributed by atoms with Crippen molar-refractivity contribution in [2.75, 3.05) is 17.2 Å². The van der Waals surface area contributed by atoms with Crippen LogP contribution in [0.2, 0.25) is 20.1 Å². The molecule has 194 valence electrons. The van der Waals surface area contributed by atoms with Gasteiger partial charge in [-0.2, -0.15) is 0 Å². The van der Waals surface area contributed by atoms with Crippen LogP contribution in [0.5, 0.6) is 0 Å². The summed E-state index contributed by atoms with van der Waals surface area (Å²) in [4.78, 5) is 27.7. The Morgan fingerprint density at radius 3 is 2.53 bits per heavy atom. The van der Waals surface area contributed by atoms with Crippen LogP contribution in [0.3, 0.4) is 0 Å². The summed E-state index contributed by atoms with van der Waals surface area (Å²) in [6.07, 6.45) is 0.827. The fourth-order valence-corrected chi connectivity index (χ4v) is 5.75. The lowest BCUT2D eigenvalue weighted by Crippen LogP contribution is -2.30. The molecule has 3 aromatic carbocycles. The summed E-state index contributed by atoms with van der Waals surface area (Å²) >= 11 is 25.8. The van der Waals surface area contributed by atoms with Crippen LogP contribution in [0, 0.1) is 0 Å². The van der Waals surface area contributed by atoms with Gasteiger partial charge in [-0.25, -0.2) is 0 Å². The number of thioether (sulfide) groups is 1. The number of nitrogens with one attached hydrogen (secondary N) is 1. The van der Waals surface area contributed by atoms with E-state index < -0.39 is 5.91 Å². The Morgan fingerprint density at radius 2 is 1.74 bits per heavy atom. The van der Waals surface area contributed by atoms with Crippen LogP contribution >= 0.6 is 58.2 Å². The molecule has 2 amide bonds. The van der Waals surface area contributed by atoms with E-state index in [1.54, 1.807) is 39.8 Å². The average Bonchev–Trinajstić information content (AvgIpc) is 3.52. The summed E-state index contributed by atoms with van der Waals surface area (Å²) in [5.74, 6) is 0.159.